The van der Waals surface area contributed by atoms with Gasteiger partial charge in [0, 0.05) is 30.8 Å². The molecule has 0 radical (unpaired) electrons. The predicted octanol–water partition coefficient (Wildman–Crippen LogP) is 2.82. The van der Waals surface area contributed by atoms with E-state index in [4.69, 9.17) is 14.7 Å². The van der Waals surface area contributed by atoms with Crippen LogP contribution in [0.5, 0.6) is 0 Å². The number of benzene rings is 1. The molecule has 2 N–H and O–H groups in total. The first-order valence-electron chi connectivity index (χ1n) is 8.26. The Morgan fingerprint density at radius 3 is 3.04 bits per heavy atom. The molecule has 0 fully saturated rings. The molecular formula is C18H18N4O3. The minimum atomic E-state index is 0.0318. The Balaban J connectivity index is 1.44. The summed E-state index contributed by atoms with van der Waals surface area (Å²) >= 11 is 0. The van der Waals surface area contributed by atoms with Gasteiger partial charge in [0.05, 0.1) is 6.26 Å². The molecule has 0 bridgehead atoms. The van der Waals surface area contributed by atoms with E-state index < -0.39 is 0 Å². The fraction of sp³-hybridized carbons (Fsp3) is 0.278. The highest BCUT2D eigenvalue weighted by Crippen LogP contribution is 2.31. The predicted molar refractivity (Wildman–Crippen MR) is 91.8 cm³/mol. The smallest absolute Gasteiger partial charge is 0.238 e. The Labute approximate surface area is 144 Å². The quantitative estimate of drug-likeness (QED) is 0.735. The van der Waals surface area contributed by atoms with Crippen LogP contribution in [0.4, 0.5) is 11.4 Å². The highest BCUT2D eigenvalue weighted by atomic mass is 16.5. The fourth-order valence-corrected chi connectivity index (χ4v) is 3.12. The van der Waals surface area contributed by atoms with E-state index in [0.29, 0.717) is 36.9 Å². The summed E-state index contributed by atoms with van der Waals surface area (Å²) in [4.78, 5) is 18.7. The Hall–Kier alpha value is -3.09. The lowest BCUT2D eigenvalue weighted by atomic mass is 9.99. The minimum Gasteiger partial charge on any atom is -0.461 e. The first kappa shape index (κ1) is 15.4. The van der Waals surface area contributed by atoms with Gasteiger partial charge in [-0.05, 0) is 42.7 Å². The molecule has 0 atom stereocenters. The number of hydrogen-bond donors (Lipinski definition) is 1. The number of carbonyl (C=O) groups excluding carboxylic acids is 1. The van der Waals surface area contributed by atoms with Crippen molar-refractivity contribution in [3.05, 3.63) is 48.0 Å². The molecule has 0 aliphatic carbocycles. The van der Waals surface area contributed by atoms with Gasteiger partial charge in [-0.1, -0.05) is 11.2 Å². The summed E-state index contributed by atoms with van der Waals surface area (Å²) in [6.07, 6.45) is 4.06. The van der Waals surface area contributed by atoms with E-state index in [0.717, 1.165) is 29.8 Å². The molecule has 7 heteroatoms. The first-order valence-corrected chi connectivity index (χ1v) is 8.26. The lowest BCUT2D eigenvalue weighted by Crippen LogP contribution is -2.35. The Morgan fingerprint density at radius 2 is 2.20 bits per heavy atom. The third-order valence-corrected chi connectivity index (χ3v) is 4.35. The lowest BCUT2D eigenvalue weighted by molar-refractivity contribution is -0.118. The standard InChI is InChI=1S/C18H18N4O3/c19-13-5-1-6-14-12(13)4-2-10-22(14)17(23)9-8-16-20-18(21-25-16)15-7-3-11-24-15/h1,3,5-7,11H,2,4,8-10,19H2. The molecule has 2 aromatic heterocycles. The maximum Gasteiger partial charge on any atom is 0.238 e. The normalized spacial score (nSPS) is 13.7. The van der Waals surface area contributed by atoms with Crippen LogP contribution in [0.25, 0.3) is 11.6 Å². The maximum atomic E-state index is 12.7. The fourth-order valence-electron chi connectivity index (χ4n) is 3.12. The molecule has 3 heterocycles. The van der Waals surface area contributed by atoms with Crippen LogP contribution in [0.1, 0.15) is 24.3 Å². The van der Waals surface area contributed by atoms with Gasteiger partial charge in [0.2, 0.25) is 17.6 Å². The van der Waals surface area contributed by atoms with Crippen LogP contribution in [-0.4, -0.2) is 22.6 Å². The average molecular weight is 338 g/mol. The second-order valence-electron chi connectivity index (χ2n) is 5.98. The van der Waals surface area contributed by atoms with Gasteiger partial charge in [-0.2, -0.15) is 4.98 Å². The van der Waals surface area contributed by atoms with Gasteiger partial charge in [-0.15, -0.1) is 0 Å². The number of furan rings is 1. The van der Waals surface area contributed by atoms with Gasteiger partial charge in [0.1, 0.15) is 0 Å². The number of fused-ring (bicyclic) bond motifs is 1. The molecule has 1 aliphatic heterocycles. The third-order valence-electron chi connectivity index (χ3n) is 4.35. The first-order chi connectivity index (χ1) is 12.2. The molecule has 0 unspecified atom stereocenters. The van der Waals surface area contributed by atoms with Crippen molar-refractivity contribution in [2.45, 2.75) is 25.7 Å². The number of nitrogen functional groups attached to an aromatic ring is 1. The summed E-state index contributed by atoms with van der Waals surface area (Å²) in [5.74, 6) is 1.39. The van der Waals surface area contributed by atoms with E-state index in [1.54, 1.807) is 23.3 Å². The molecule has 4 rings (SSSR count). The summed E-state index contributed by atoms with van der Waals surface area (Å²) in [7, 11) is 0. The topological polar surface area (TPSA) is 98.4 Å². The van der Waals surface area contributed by atoms with Crippen molar-refractivity contribution in [1.29, 1.82) is 0 Å². The number of nitrogens with zero attached hydrogens (tertiary/aromatic N) is 3. The summed E-state index contributed by atoms with van der Waals surface area (Å²) in [5, 5.41) is 3.88. The zero-order valence-corrected chi connectivity index (χ0v) is 13.6. The number of hydrogen-bond acceptors (Lipinski definition) is 6. The number of amides is 1. The molecule has 1 aliphatic rings. The van der Waals surface area contributed by atoms with Crippen LogP contribution in [0.3, 0.4) is 0 Å². The molecule has 0 saturated heterocycles. The molecule has 25 heavy (non-hydrogen) atoms. The summed E-state index contributed by atoms with van der Waals surface area (Å²) in [6.45, 7) is 0.705. The van der Waals surface area contributed by atoms with E-state index in [9.17, 15) is 4.79 Å². The van der Waals surface area contributed by atoms with Crippen molar-refractivity contribution in [3.8, 4) is 11.6 Å². The molecule has 0 saturated carbocycles. The van der Waals surface area contributed by atoms with Crippen LogP contribution in [-0.2, 0) is 17.6 Å². The van der Waals surface area contributed by atoms with Crippen molar-refractivity contribution in [2.75, 3.05) is 17.2 Å². The number of rotatable bonds is 4. The van der Waals surface area contributed by atoms with Gasteiger partial charge in [-0.3, -0.25) is 4.79 Å². The highest BCUT2D eigenvalue weighted by molar-refractivity contribution is 5.95. The number of aromatic nitrogens is 2. The minimum absolute atomic E-state index is 0.0318. The van der Waals surface area contributed by atoms with Gasteiger partial charge in [-0.25, -0.2) is 0 Å². The maximum absolute atomic E-state index is 12.7. The van der Waals surface area contributed by atoms with Crippen molar-refractivity contribution in [1.82, 2.24) is 10.1 Å². The third kappa shape index (κ3) is 3.00. The molecule has 128 valence electrons. The second kappa shape index (κ2) is 6.43. The molecule has 1 amide bonds. The second-order valence-corrected chi connectivity index (χ2v) is 5.98. The van der Waals surface area contributed by atoms with Crippen LogP contribution in [0, 0.1) is 0 Å². The van der Waals surface area contributed by atoms with E-state index >= 15 is 0 Å². The molecular weight excluding hydrogens is 320 g/mol. The van der Waals surface area contributed by atoms with Crippen molar-refractivity contribution >= 4 is 17.3 Å². The lowest BCUT2D eigenvalue weighted by Gasteiger charge is -2.30. The van der Waals surface area contributed by atoms with Crippen molar-refractivity contribution in [2.24, 2.45) is 0 Å². The van der Waals surface area contributed by atoms with Crippen LogP contribution in [0.15, 0.2) is 45.5 Å². The van der Waals surface area contributed by atoms with Crippen molar-refractivity contribution < 1.29 is 13.7 Å². The number of anilines is 2. The van der Waals surface area contributed by atoms with Gasteiger partial charge in [0.15, 0.2) is 5.76 Å². The summed E-state index contributed by atoms with van der Waals surface area (Å²) in [5.41, 5.74) is 8.75. The van der Waals surface area contributed by atoms with Crippen LogP contribution < -0.4 is 10.6 Å². The zero-order valence-electron chi connectivity index (χ0n) is 13.6. The SMILES string of the molecule is Nc1cccc2c1CCCN2C(=O)CCc1nc(-c2ccco2)no1. The summed E-state index contributed by atoms with van der Waals surface area (Å²) in [6, 6.07) is 9.22. The van der Waals surface area contributed by atoms with E-state index in [2.05, 4.69) is 10.1 Å². The number of nitrogens with two attached hydrogens (primary N) is 1. The van der Waals surface area contributed by atoms with Crippen molar-refractivity contribution in [3.63, 3.8) is 0 Å². The Morgan fingerprint density at radius 1 is 1.28 bits per heavy atom. The van der Waals surface area contributed by atoms with Gasteiger partial charge < -0.3 is 19.6 Å². The van der Waals surface area contributed by atoms with E-state index in [1.807, 2.05) is 18.2 Å². The highest BCUT2D eigenvalue weighted by Gasteiger charge is 2.24. The molecule has 7 nitrogen and oxygen atoms in total. The molecule has 0 spiro atoms. The Bertz CT molecular complexity index is 886. The monoisotopic (exact) mass is 338 g/mol. The molecule has 3 aromatic rings. The van der Waals surface area contributed by atoms with E-state index in [-0.39, 0.29) is 5.91 Å². The largest absolute Gasteiger partial charge is 0.461 e. The zero-order chi connectivity index (χ0) is 17.2. The number of aryl methyl sites for hydroxylation is 1. The van der Waals surface area contributed by atoms with Gasteiger partial charge in [0.25, 0.3) is 0 Å². The van der Waals surface area contributed by atoms with Gasteiger partial charge >= 0.3 is 0 Å². The van der Waals surface area contributed by atoms with Crippen LogP contribution >= 0.6 is 0 Å². The van der Waals surface area contributed by atoms with E-state index in [1.165, 1.54) is 0 Å². The number of carbonyl (C=O) groups is 1. The Kier molecular flexibility index (Phi) is 3.97. The average Bonchev–Trinajstić information content (AvgIpc) is 3.31. The molecule has 1 aromatic carbocycles. The summed E-state index contributed by atoms with van der Waals surface area (Å²) < 4.78 is 10.4. The van der Waals surface area contributed by atoms with Crippen LogP contribution in [0.2, 0.25) is 0 Å².